The zero-order chi connectivity index (χ0) is 18.4. The molecule has 1 aliphatic heterocycles. The molecule has 0 saturated carbocycles. The Morgan fingerprint density at radius 1 is 1.27 bits per heavy atom. The Hall–Kier alpha value is -1.03. The van der Waals surface area contributed by atoms with E-state index >= 15 is 0 Å². The molecule has 0 bridgehead atoms. The molecular weight excluding hydrogens is 456 g/mol. The zero-order valence-electron chi connectivity index (χ0n) is 15.4. The van der Waals surface area contributed by atoms with Crippen molar-refractivity contribution in [2.24, 2.45) is 10.9 Å². The van der Waals surface area contributed by atoms with E-state index in [-0.39, 0.29) is 24.0 Å². The fraction of sp³-hybridized carbons (Fsp3) is 0.611. The van der Waals surface area contributed by atoms with Gasteiger partial charge >= 0.3 is 6.18 Å². The van der Waals surface area contributed by atoms with Gasteiger partial charge in [0.1, 0.15) is 0 Å². The van der Waals surface area contributed by atoms with Crippen molar-refractivity contribution < 1.29 is 13.2 Å². The van der Waals surface area contributed by atoms with E-state index in [0.717, 1.165) is 49.7 Å². The number of benzene rings is 1. The number of rotatable bonds is 5. The Balaban J connectivity index is 0.00000338. The van der Waals surface area contributed by atoms with Gasteiger partial charge in [-0.1, -0.05) is 26.0 Å². The van der Waals surface area contributed by atoms with E-state index in [1.807, 2.05) is 0 Å². The molecule has 0 spiro atoms. The smallest absolute Gasteiger partial charge is 0.356 e. The first-order chi connectivity index (χ1) is 11.8. The highest BCUT2D eigenvalue weighted by Gasteiger charge is 2.30. The molecule has 1 saturated heterocycles. The number of nitrogens with zero attached hydrogens (tertiary/aromatic N) is 2. The van der Waals surface area contributed by atoms with E-state index in [1.54, 1.807) is 19.2 Å². The van der Waals surface area contributed by atoms with Crippen LogP contribution in [0.25, 0.3) is 0 Å². The molecule has 148 valence electrons. The summed E-state index contributed by atoms with van der Waals surface area (Å²) >= 11 is 0. The maximum Gasteiger partial charge on any atom is 0.416 e. The number of hydrogen-bond donors (Lipinski definition) is 2. The molecule has 1 atom stereocenters. The highest BCUT2D eigenvalue weighted by molar-refractivity contribution is 14.0. The van der Waals surface area contributed by atoms with Gasteiger partial charge in [-0.05, 0) is 30.0 Å². The number of nitrogens with one attached hydrogen (secondary N) is 2. The summed E-state index contributed by atoms with van der Waals surface area (Å²) in [5.74, 6) is 1.34. The summed E-state index contributed by atoms with van der Waals surface area (Å²) in [6, 6.07) is 5.73. The summed E-state index contributed by atoms with van der Waals surface area (Å²) in [4.78, 5) is 6.48. The number of aliphatic imine (C=N–C) groups is 1. The summed E-state index contributed by atoms with van der Waals surface area (Å²) < 4.78 is 37.8. The second-order valence-corrected chi connectivity index (χ2v) is 6.91. The normalized spacial score (nSPS) is 18.7. The molecule has 1 fully saturated rings. The predicted octanol–water partition coefficient (Wildman–Crippen LogP) is 3.72. The highest BCUT2D eigenvalue weighted by atomic mass is 127. The van der Waals surface area contributed by atoms with Gasteiger partial charge in [0.05, 0.1) is 5.56 Å². The second kappa shape index (κ2) is 10.3. The van der Waals surface area contributed by atoms with Gasteiger partial charge in [-0.25, -0.2) is 0 Å². The van der Waals surface area contributed by atoms with Crippen LogP contribution in [-0.2, 0) is 12.7 Å². The predicted molar refractivity (Wildman–Crippen MR) is 110 cm³/mol. The van der Waals surface area contributed by atoms with Crippen LogP contribution in [0.15, 0.2) is 29.3 Å². The lowest BCUT2D eigenvalue weighted by molar-refractivity contribution is -0.137. The van der Waals surface area contributed by atoms with Crippen LogP contribution in [0.3, 0.4) is 0 Å². The van der Waals surface area contributed by atoms with Crippen molar-refractivity contribution in [3.63, 3.8) is 0 Å². The van der Waals surface area contributed by atoms with Crippen LogP contribution in [0, 0.1) is 5.92 Å². The lowest BCUT2D eigenvalue weighted by atomic mass is 10.1. The first-order valence-electron chi connectivity index (χ1n) is 8.63. The van der Waals surface area contributed by atoms with Crippen LogP contribution < -0.4 is 10.6 Å². The first-order valence-corrected chi connectivity index (χ1v) is 8.63. The van der Waals surface area contributed by atoms with Crippen LogP contribution >= 0.6 is 24.0 Å². The summed E-state index contributed by atoms with van der Waals surface area (Å²) in [6.45, 7) is 7.57. The lowest BCUT2D eigenvalue weighted by Crippen LogP contribution is -2.45. The highest BCUT2D eigenvalue weighted by Crippen LogP contribution is 2.29. The molecule has 0 amide bonds. The van der Waals surface area contributed by atoms with Crippen LogP contribution in [0.2, 0.25) is 0 Å². The molecule has 0 radical (unpaired) electrons. The van der Waals surface area contributed by atoms with Crippen molar-refractivity contribution in [2.75, 3.05) is 26.7 Å². The van der Waals surface area contributed by atoms with Gasteiger partial charge in [0, 0.05) is 39.3 Å². The third kappa shape index (κ3) is 7.30. The number of halogens is 4. The average Bonchev–Trinajstić information content (AvgIpc) is 2.98. The minimum atomic E-state index is -4.28. The molecular formula is C18H28F3IN4. The maximum absolute atomic E-state index is 12.6. The van der Waals surface area contributed by atoms with E-state index in [4.69, 9.17) is 0 Å². The molecule has 1 aliphatic rings. The second-order valence-electron chi connectivity index (χ2n) is 6.91. The van der Waals surface area contributed by atoms with E-state index in [2.05, 4.69) is 34.4 Å². The minimum absolute atomic E-state index is 0. The van der Waals surface area contributed by atoms with Crippen LogP contribution in [0.5, 0.6) is 0 Å². The number of likely N-dealkylation sites (tertiary alicyclic amines) is 1. The molecule has 26 heavy (non-hydrogen) atoms. The number of guanidine groups is 1. The van der Waals surface area contributed by atoms with Crippen molar-refractivity contribution in [1.82, 2.24) is 15.5 Å². The summed E-state index contributed by atoms with van der Waals surface area (Å²) in [7, 11) is 1.75. The molecule has 8 heteroatoms. The Morgan fingerprint density at radius 3 is 2.46 bits per heavy atom. The molecule has 2 N–H and O–H groups in total. The van der Waals surface area contributed by atoms with Gasteiger partial charge in [0.15, 0.2) is 5.96 Å². The van der Waals surface area contributed by atoms with Crippen LogP contribution in [0.1, 0.15) is 31.4 Å². The molecule has 0 aliphatic carbocycles. The summed E-state index contributed by atoms with van der Waals surface area (Å²) in [6.07, 6.45) is -3.29. The Bertz CT molecular complexity index is 573. The molecule has 2 rings (SSSR count). The Morgan fingerprint density at radius 2 is 1.92 bits per heavy atom. The number of hydrogen-bond acceptors (Lipinski definition) is 2. The third-order valence-electron chi connectivity index (χ3n) is 4.20. The fourth-order valence-electron chi connectivity index (χ4n) is 2.84. The quantitative estimate of drug-likeness (QED) is 0.381. The monoisotopic (exact) mass is 484 g/mol. The van der Waals surface area contributed by atoms with E-state index in [0.29, 0.717) is 18.5 Å². The Kier molecular flexibility index (Phi) is 9.15. The lowest BCUT2D eigenvalue weighted by Gasteiger charge is -2.19. The molecule has 0 aromatic heterocycles. The third-order valence-corrected chi connectivity index (χ3v) is 4.20. The minimum Gasteiger partial charge on any atom is -0.356 e. The molecule has 4 nitrogen and oxygen atoms in total. The van der Waals surface area contributed by atoms with Gasteiger partial charge in [0.2, 0.25) is 0 Å². The van der Waals surface area contributed by atoms with Crippen LogP contribution in [-0.4, -0.2) is 43.6 Å². The summed E-state index contributed by atoms with van der Waals surface area (Å²) in [5.41, 5.74) is 0.299. The van der Waals surface area contributed by atoms with Crippen LogP contribution in [0.4, 0.5) is 13.2 Å². The van der Waals surface area contributed by atoms with Crippen molar-refractivity contribution in [3.8, 4) is 0 Å². The fourth-order valence-corrected chi connectivity index (χ4v) is 2.84. The molecule has 1 heterocycles. The van der Waals surface area contributed by atoms with Crippen molar-refractivity contribution in [3.05, 3.63) is 35.4 Å². The summed E-state index contributed by atoms with van der Waals surface area (Å²) in [5, 5.41) is 6.71. The Labute approximate surface area is 170 Å². The SMILES string of the molecule is CN=C(NCC(C)C)NC1CCN(Cc2ccc(C(F)(F)F)cc2)C1.I. The largest absolute Gasteiger partial charge is 0.416 e. The molecule has 1 unspecified atom stereocenters. The van der Waals surface area contributed by atoms with E-state index in [1.165, 1.54) is 0 Å². The topological polar surface area (TPSA) is 39.7 Å². The maximum atomic E-state index is 12.6. The van der Waals surface area contributed by atoms with E-state index < -0.39 is 11.7 Å². The van der Waals surface area contributed by atoms with E-state index in [9.17, 15) is 13.2 Å². The van der Waals surface area contributed by atoms with Gasteiger partial charge in [-0.15, -0.1) is 24.0 Å². The molecule has 1 aromatic carbocycles. The molecule has 1 aromatic rings. The van der Waals surface area contributed by atoms with Gasteiger partial charge in [-0.3, -0.25) is 9.89 Å². The standard InChI is InChI=1S/C18H27F3N4.HI/c1-13(2)10-23-17(22-3)24-16-8-9-25(12-16)11-14-4-6-15(7-5-14)18(19,20)21;/h4-7,13,16H,8-12H2,1-3H3,(H2,22,23,24);1H. The van der Waals surface area contributed by atoms with Crippen molar-refractivity contribution in [2.45, 2.75) is 39.0 Å². The van der Waals surface area contributed by atoms with Crippen molar-refractivity contribution in [1.29, 1.82) is 0 Å². The van der Waals surface area contributed by atoms with Crippen molar-refractivity contribution >= 4 is 29.9 Å². The first kappa shape index (κ1) is 23.0. The number of alkyl halides is 3. The van der Waals surface area contributed by atoms with Gasteiger partial charge in [-0.2, -0.15) is 13.2 Å². The van der Waals surface area contributed by atoms with Gasteiger partial charge < -0.3 is 10.6 Å². The average molecular weight is 484 g/mol. The zero-order valence-corrected chi connectivity index (χ0v) is 17.8. The van der Waals surface area contributed by atoms with Gasteiger partial charge in [0.25, 0.3) is 0 Å².